The standard InChI is InChI=1S/C17H26N4O3S/c1-12-10-15(16(22)19-13-6-4-2-3-5-7-13)21-17(18-12)20-14-8-9-25(23,24)11-14/h10,13-14H,2-9,11H2,1H3,(H,19,22)(H,18,20,21). The van der Waals surface area contributed by atoms with Crippen molar-refractivity contribution >= 4 is 21.7 Å². The molecule has 1 saturated heterocycles. The van der Waals surface area contributed by atoms with Crippen molar-refractivity contribution in [2.24, 2.45) is 0 Å². The lowest BCUT2D eigenvalue weighted by atomic mass is 10.1. The summed E-state index contributed by atoms with van der Waals surface area (Å²) in [5, 5.41) is 6.15. The van der Waals surface area contributed by atoms with E-state index in [1.54, 1.807) is 13.0 Å². The number of aryl methyl sites for hydroxylation is 1. The minimum Gasteiger partial charge on any atom is -0.350 e. The van der Waals surface area contributed by atoms with E-state index in [1.165, 1.54) is 12.8 Å². The van der Waals surface area contributed by atoms with E-state index < -0.39 is 9.84 Å². The maximum absolute atomic E-state index is 12.5. The van der Waals surface area contributed by atoms with E-state index >= 15 is 0 Å². The topological polar surface area (TPSA) is 101 Å². The normalized spacial score (nSPS) is 23.8. The molecule has 0 aromatic carbocycles. The number of rotatable bonds is 4. The van der Waals surface area contributed by atoms with Crippen molar-refractivity contribution in [1.82, 2.24) is 15.3 Å². The van der Waals surface area contributed by atoms with Crippen LogP contribution in [0.25, 0.3) is 0 Å². The Bertz CT molecular complexity index is 727. The summed E-state index contributed by atoms with van der Waals surface area (Å²) in [6, 6.07) is 1.69. The molecule has 1 saturated carbocycles. The number of carbonyl (C=O) groups is 1. The van der Waals surface area contributed by atoms with Gasteiger partial charge in [-0.1, -0.05) is 25.7 Å². The average Bonchev–Trinajstić information content (AvgIpc) is 2.74. The number of carbonyl (C=O) groups excluding carboxylic acids is 1. The highest BCUT2D eigenvalue weighted by Crippen LogP contribution is 2.18. The molecule has 0 radical (unpaired) electrons. The third kappa shape index (κ3) is 5.14. The zero-order valence-corrected chi connectivity index (χ0v) is 15.4. The minimum absolute atomic E-state index is 0.0912. The summed E-state index contributed by atoms with van der Waals surface area (Å²) in [6.07, 6.45) is 7.34. The second-order valence-corrected chi connectivity index (χ2v) is 9.35. The van der Waals surface area contributed by atoms with Crippen molar-refractivity contribution in [3.05, 3.63) is 17.5 Å². The fraction of sp³-hybridized carbons (Fsp3) is 0.706. The first-order chi connectivity index (χ1) is 11.9. The Balaban J connectivity index is 1.67. The first-order valence-electron chi connectivity index (χ1n) is 9.05. The van der Waals surface area contributed by atoms with Gasteiger partial charge in [-0.05, 0) is 32.3 Å². The molecule has 2 fully saturated rings. The van der Waals surface area contributed by atoms with E-state index in [1.807, 2.05) is 0 Å². The van der Waals surface area contributed by atoms with Gasteiger partial charge in [0.05, 0.1) is 11.5 Å². The van der Waals surface area contributed by atoms with Crippen molar-refractivity contribution in [1.29, 1.82) is 0 Å². The lowest BCUT2D eigenvalue weighted by Crippen LogP contribution is -2.35. The van der Waals surface area contributed by atoms with Crippen LogP contribution < -0.4 is 10.6 Å². The Kier molecular flexibility index (Phi) is 5.56. The van der Waals surface area contributed by atoms with Gasteiger partial charge in [0.25, 0.3) is 5.91 Å². The highest BCUT2D eigenvalue weighted by molar-refractivity contribution is 7.91. The lowest BCUT2D eigenvalue weighted by Gasteiger charge is -2.17. The quantitative estimate of drug-likeness (QED) is 0.789. The van der Waals surface area contributed by atoms with Crippen molar-refractivity contribution in [2.45, 2.75) is 64.0 Å². The van der Waals surface area contributed by atoms with Crippen LogP contribution >= 0.6 is 0 Å². The van der Waals surface area contributed by atoms with E-state index in [9.17, 15) is 13.2 Å². The molecule has 8 heteroatoms. The second kappa shape index (κ2) is 7.68. The van der Waals surface area contributed by atoms with E-state index in [-0.39, 0.29) is 29.5 Å². The molecule has 1 aliphatic carbocycles. The van der Waals surface area contributed by atoms with Gasteiger partial charge >= 0.3 is 0 Å². The number of nitrogens with one attached hydrogen (secondary N) is 2. The molecule has 1 amide bonds. The van der Waals surface area contributed by atoms with E-state index in [2.05, 4.69) is 20.6 Å². The number of sulfone groups is 1. The number of amides is 1. The van der Waals surface area contributed by atoms with Crippen LogP contribution in [0.15, 0.2) is 6.07 Å². The zero-order chi connectivity index (χ0) is 17.9. The average molecular weight is 366 g/mol. The van der Waals surface area contributed by atoms with Crippen LogP contribution in [-0.4, -0.2) is 47.9 Å². The molecule has 7 nitrogen and oxygen atoms in total. The van der Waals surface area contributed by atoms with Gasteiger partial charge in [0, 0.05) is 17.8 Å². The number of hydrogen-bond acceptors (Lipinski definition) is 6. The summed E-state index contributed by atoms with van der Waals surface area (Å²) in [4.78, 5) is 21.1. The highest BCUT2D eigenvalue weighted by Gasteiger charge is 2.28. The summed E-state index contributed by atoms with van der Waals surface area (Å²) in [5.41, 5.74) is 1.02. The van der Waals surface area contributed by atoms with Gasteiger partial charge in [-0.2, -0.15) is 0 Å². The maximum Gasteiger partial charge on any atom is 0.270 e. The summed E-state index contributed by atoms with van der Waals surface area (Å²) in [7, 11) is -2.97. The molecule has 0 bridgehead atoms. The number of aromatic nitrogens is 2. The lowest BCUT2D eigenvalue weighted by molar-refractivity contribution is 0.0928. The van der Waals surface area contributed by atoms with Crippen molar-refractivity contribution in [2.75, 3.05) is 16.8 Å². The van der Waals surface area contributed by atoms with E-state index in [0.717, 1.165) is 25.7 Å². The predicted molar refractivity (Wildman–Crippen MR) is 96.4 cm³/mol. The number of hydrogen-bond donors (Lipinski definition) is 2. The Morgan fingerprint density at radius 1 is 1.08 bits per heavy atom. The monoisotopic (exact) mass is 366 g/mol. The summed E-state index contributed by atoms with van der Waals surface area (Å²) < 4.78 is 23.2. The molecule has 2 N–H and O–H groups in total. The third-order valence-electron chi connectivity index (χ3n) is 4.84. The van der Waals surface area contributed by atoms with Crippen LogP contribution in [0.1, 0.15) is 61.1 Å². The van der Waals surface area contributed by atoms with E-state index in [4.69, 9.17) is 0 Å². The van der Waals surface area contributed by atoms with Gasteiger partial charge in [0.2, 0.25) is 5.95 Å². The van der Waals surface area contributed by atoms with Gasteiger partial charge in [0.15, 0.2) is 9.84 Å². The molecule has 1 atom stereocenters. The minimum atomic E-state index is -2.97. The summed E-state index contributed by atoms with van der Waals surface area (Å²) >= 11 is 0. The van der Waals surface area contributed by atoms with Crippen LogP contribution in [0.2, 0.25) is 0 Å². The summed E-state index contributed by atoms with van der Waals surface area (Å²) in [5.74, 6) is 0.423. The second-order valence-electron chi connectivity index (χ2n) is 7.12. The Hall–Kier alpha value is -1.70. The molecule has 0 spiro atoms. The largest absolute Gasteiger partial charge is 0.350 e. The van der Waals surface area contributed by atoms with E-state index in [0.29, 0.717) is 23.8 Å². The fourth-order valence-corrected chi connectivity index (χ4v) is 5.20. The van der Waals surface area contributed by atoms with Crippen LogP contribution in [0, 0.1) is 6.92 Å². The molecule has 1 aromatic heterocycles. The molecule has 25 heavy (non-hydrogen) atoms. The fourth-order valence-electron chi connectivity index (χ4n) is 3.52. The van der Waals surface area contributed by atoms with Crippen LogP contribution in [-0.2, 0) is 9.84 Å². The molecular weight excluding hydrogens is 340 g/mol. The molecule has 1 aliphatic heterocycles. The molecule has 1 unspecified atom stereocenters. The zero-order valence-electron chi connectivity index (χ0n) is 14.6. The Morgan fingerprint density at radius 2 is 1.80 bits per heavy atom. The molecule has 138 valence electrons. The maximum atomic E-state index is 12.5. The van der Waals surface area contributed by atoms with Gasteiger partial charge in [-0.25, -0.2) is 18.4 Å². The smallest absolute Gasteiger partial charge is 0.270 e. The summed E-state index contributed by atoms with van der Waals surface area (Å²) in [6.45, 7) is 1.81. The Morgan fingerprint density at radius 3 is 2.44 bits per heavy atom. The molecule has 2 heterocycles. The van der Waals surface area contributed by atoms with Gasteiger partial charge in [-0.15, -0.1) is 0 Å². The first-order valence-corrected chi connectivity index (χ1v) is 10.9. The van der Waals surface area contributed by atoms with Crippen LogP contribution in [0.4, 0.5) is 5.95 Å². The van der Waals surface area contributed by atoms with Gasteiger partial charge < -0.3 is 10.6 Å². The number of anilines is 1. The molecular formula is C17H26N4O3S. The van der Waals surface area contributed by atoms with Crippen LogP contribution in [0.3, 0.4) is 0 Å². The van der Waals surface area contributed by atoms with Crippen molar-refractivity contribution in [3.63, 3.8) is 0 Å². The Labute approximate surface area is 148 Å². The molecule has 1 aromatic rings. The molecule has 2 aliphatic rings. The highest BCUT2D eigenvalue weighted by atomic mass is 32.2. The van der Waals surface area contributed by atoms with Crippen molar-refractivity contribution < 1.29 is 13.2 Å². The predicted octanol–water partition coefficient (Wildman–Crippen LogP) is 1.84. The van der Waals surface area contributed by atoms with Gasteiger partial charge in [-0.3, -0.25) is 4.79 Å². The van der Waals surface area contributed by atoms with Crippen LogP contribution in [0.5, 0.6) is 0 Å². The third-order valence-corrected chi connectivity index (χ3v) is 6.61. The SMILES string of the molecule is Cc1cc(C(=O)NC2CCCCCC2)nc(NC2CCS(=O)(=O)C2)n1. The molecule has 3 rings (SSSR count). The van der Waals surface area contributed by atoms with Gasteiger partial charge in [0.1, 0.15) is 5.69 Å². The number of nitrogens with zero attached hydrogens (tertiary/aromatic N) is 2. The first kappa shape index (κ1) is 18.1. The van der Waals surface area contributed by atoms with Crippen molar-refractivity contribution in [3.8, 4) is 0 Å².